The Morgan fingerprint density at radius 3 is 2.69 bits per heavy atom. The quantitative estimate of drug-likeness (QED) is 0.405. The van der Waals surface area contributed by atoms with E-state index in [2.05, 4.69) is 4.98 Å². The van der Waals surface area contributed by atoms with E-state index in [4.69, 9.17) is 25.5 Å². The summed E-state index contributed by atoms with van der Waals surface area (Å²) in [6.45, 7) is 1.65. The fourth-order valence-corrected chi connectivity index (χ4v) is 4.86. The summed E-state index contributed by atoms with van der Waals surface area (Å²) in [4.78, 5) is 5.43. The van der Waals surface area contributed by atoms with Crippen LogP contribution in [0.5, 0.6) is 5.75 Å². The number of aliphatic hydroxyl groups excluding tert-OH is 4. The van der Waals surface area contributed by atoms with Gasteiger partial charge in [0.1, 0.15) is 36.3 Å². The molecule has 3 aromatic rings. The highest BCUT2D eigenvalue weighted by Gasteiger charge is 2.45. The maximum Gasteiger partial charge on any atom is 0.126 e. The van der Waals surface area contributed by atoms with Crippen molar-refractivity contribution < 1.29 is 34.3 Å². The number of aliphatic hydroxyl groups is 4. The minimum Gasteiger partial charge on any atom is -0.493 e. The van der Waals surface area contributed by atoms with Gasteiger partial charge in [-0.3, -0.25) is 0 Å². The zero-order valence-corrected chi connectivity index (χ0v) is 18.8. The highest BCUT2D eigenvalue weighted by atomic mass is 35.5. The van der Waals surface area contributed by atoms with Crippen molar-refractivity contribution in [3.05, 3.63) is 58.1 Å². The van der Waals surface area contributed by atoms with E-state index in [0.29, 0.717) is 29.4 Å². The summed E-state index contributed by atoms with van der Waals surface area (Å²) >= 11 is 8.03. The van der Waals surface area contributed by atoms with Crippen molar-refractivity contribution >= 4 is 22.9 Å². The number of furan rings is 1. The molecule has 8 nitrogen and oxygen atoms in total. The van der Waals surface area contributed by atoms with Gasteiger partial charge in [-0.2, -0.15) is 0 Å². The van der Waals surface area contributed by atoms with Crippen LogP contribution in [-0.2, 0) is 11.2 Å². The molecule has 1 aliphatic rings. The summed E-state index contributed by atoms with van der Waals surface area (Å²) < 4.78 is 16.6. The molecule has 0 saturated carbocycles. The molecule has 5 atom stereocenters. The highest BCUT2D eigenvalue weighted by Crippen LogP contribution is 2.40. The number of halogens is 1. The molecule has 10 heteroatoms. The normalized spacial score (nSPS) is 25.8. The average Bonchev–Trinajstić information content (AvgIpc) is 3.47. The standard InChI is InChI=1S/C22H24ClNO7S/c1-2-30-15-7-14(23)12(6-18-24-8-17(32-18)11-3-4-29-10-11)5-13(15)22-21(28)20(27)19(26)16(9-25)31-22/h3-5,7-8,10,16,19-22,25-28H,2,6,9H2,1H3/t16-,19-,20+,21-,22+/m1/s1. The smallest absolute Gasteiger partial charge is 0.126 e. The Hall–Kier alpha value is -1.98. The summed E-state index contributed by atoms with van der Waals surface area (Å²) in [6, 6.07) is 5.25. The van der Waals surface area contributed by atoms with Crippen LogP contribution in [0.4, 0.5) is 0 Å². The second-order valence-electron chi connectivity index (χ2n) is 7.47. The molecule has 0 amide bonds. The van der Waals surface area contributed by atoms with Crippen LogP contribution in [-0.4, -0.2) is 63.0 Å². The Morgan fingerprint density at radius 1 is 1.19 bits per heavy atom. The molecule has 3 heterocycles. The van der Waals surface area contributed by atoms with Gasteiger partial charge in [0.25, 0.3) is 0 Å². The van der Waals surface area contributed by atoms with Crippen molar-refractivity contribution in [3.8, 4) is 16.2 Å². The number of aromatic nitrogens is 1. The van der Waals surface area contributed by atoms with E-state index in [-0.39, 0.29) is 0 Å². The Kier molecular flexibility index (Phi) is 7.16. The van der Waals surface area contributed by atoms with Crippen molar-refractivity contribution in [1.29, 1.82) is 0 Å². The minimum atomic E-state index is -1.49. The van der Waals surface area contributed by atoms with E-state index in [1.165, 1.54) is 11.3 Å². The first kappa shape index (κ1) is 23.2. The lowest BCUT2D eigenvalue weighted by atomic mass is 9.90. The molecular weight excluding hydrogens is 458 g/mol. The van der Waals surface area contributed by atoms with E-state index in [1.807, 2.05) is 13.0 Å². The average molecular weight is 482 g/mol. The van der Waals surface area contributed by atoms with Gasteiger partial charge in [-0.1, -0.05) is 11.6 Å². The highest BCUT2D eigenvalue weighted by molar-refractivity contribution is 7.15. The summed E-state index contributed by atoms with van der Waals surface area (Å²) in [7, 11) is 0. The van der Waals surface area contributed by atoms with Crippen LogP contribution < -0.4 is 4.74 Å². The first-order chi connectivity index (χ1) is 15.4. The summed E-state index contributed by atoms with van der Waals surface area (Å²) in [6.07, 6.45) is -0.952. The van der Waals surface area contributed by atoms with Gasteiger partial charge in [0.2, 0.25) is 0 Å². The van der Waals surface area contributed by atoms with Crippen molar-refractivity contribution in [2.75, 3.05) is 13.2 Å². The zero-order valence-electron chi connectivity index (χ0n) is 17.2. The molecule has 172 valence electrons. The molecule has 1 saturated heterocycles. The van der Waals surface area contributed by atoms with Gasteiger partial charge >= 0.3 is 0 Å². The first-order valence-electron chi connectivity index (χ1n) is 10.2. The van der Waals surface area contributed by atoms with E-state index in [1.54, 1.807) is 30.9 Å². The predicted molar refractivity (Wildman–Crippen MR) is 118 cm³/mol. The van der Waals surface area contributed by atoms with Gasteiger partial charge in [-0.05, 0) is 30.7 Å². The van der Waals surface area contributed by atoms with Crippen LogP contribution in [0.1, 0.15) is 29.2 Å². The van der Waals surface area contributed by atoms with Gasteiger partial charge in [-0.25, -0.2) is 4.98 Å². The van der Waals surface area contributed by atoms with Crippen molar-refractivity contribution in [1.82, 2.24) is 4.98 Å². The third kappa shape index (κ3) is 4.55. The third-order valence-corrected chi connectivity index (χ3v) is 6.78. The largest absolute Gasteiger partial charge is 0.493 e. The van der Waals surface area contributed by atoms with Crippen LogP contribution in [0.2, 0.25) is 5.02 Å². The van der Waals surface area contributed by atoms with Crippen LogP contribution in [0.15, 0.2) is 41.3 Å². The topological polar surface area (TPSA) is 125 Å². The summed E-state index contributed by atoms with van der Waals surface area (Å²) in [5.41, 5.74) is 2.14. The lowest BCUT2D eigenvalue weighted by molar-refractivity contribution is -0.232. The number of hydrogen-bond acceptors (Lipinski definition) is 9. The Balaban J connectivity index is 1.67. The van der Waals surface area contributed by atoms with Gasteiger partial charge in [0, 0.05) is 28.8 Å². The molecule has 1 aromatic carbocycles. The van der Waals surface area contributed by atoms with Crippen molar-refractivity contribution in [2.45, 2.75) is 43.9 Å². The predicted octanol–water partition coefficient (Wildman–Crippen LogP) is 2.56. The van der Waals surface area contributed by atoms with Gasteiger partial charge < -0.3 is 34.3 Å². The van der Waals surface area contributed by atoms with Gasteiger partial charge in [0.15, 0.2) is 0 Å². The monoisotopic (exact) mass is 481 g/mol. The number of benzene rings is 1. The molecular formula is C22H24ClNO7S. The second kappa shape index (κ2) is 9.88. The fourth-order valence-electron chi connectivity index (χ4n) is 3.71. The first-order valence-corrected chi connectivity index (χ1v) is 11.3. The lowest BCUT2D eigenvalue weighted by Gasteiger charge is -2.40. The Labute approximate surface area is 193 Å². The maximum absolute atomic E-state index is 10.6. The molecule has 0 bridgehead atoms. The van der Waals surface area contributed by atoms with Crippen LogP contribution >= 0.6 is 22.9 Å². The molecule has 4 N–H and O–H groups in total. The molecule has 0 spiro atoms. The van der Waals surface area contributed by atoms with E-state index >= 15 is 0 Å². The third-order valence-electron chi connectivity index (χ3n) is 5.38. The second-order valence-corrected chi connectivity index (χ2v) is 8.99. The van der Waals surface area contributed by atoms with E-state index < -0.39 is 37.1 Å². The molecule has 4 rings (SSSR count). The molecule has 0 aliphatic carbocycles. The van der Waals surface area contributed by atoms with E-state index in [0.717, 1.165) is 21.0 Å². The molecule has 2 aromatic heterocycles. The SMILES string of the molecule is CCOc1cc(Cl)c(Cc2ncc(-c3ccoc3)s2)cc1[C@@H]1O[C@H](CO)[C@@H](O)[C@H](O)[C@H]1O. The number of hydrogen-bond donors (Lipinski definition) is 4. The fraction of sp³-hybridized carbons (Fsp3) is 0.409. The Bertz CT molecular complexity index is 1040. The number of thiazole rings is 1. The van der Waals surface area contributed by atoms with Crippen LogP contribution in [0.25, 0.3) is 10.4 Å². The molecule has 32 heavy (non-hydrogen) atoms. The van der Waals surface area contributed by atoms with E-state index in [9.17, 15) is 20.4 Å². The van der Waals surface area contributed by atoms with Crippen LogP contribution in [0.3, 0.4) is 0 Å². The maximum atomic E-state index is 10.6. The molecule has 0 unspecified atom stereocenters. The van der Waals surface area contributed by atoms with Crippen molar-refractivity contribution in [3.63, 3.8) is 0 Å². The minimum absolute atomic E-state index is 0.348. The van der Waals surface area contributed by atoms with Gasteiger partial charge in [0.05, 0.1) is 35.6 Å². The number of nitrogens with zero attached hydrogens (tertiary/aromatic N) is 1. The van der Waals surface area contributed by atoms with Crippen LogP contribution in [0, 0.1) is 0 Å². The zero-order chi connectivity index (χ0) is 22.8. The lowest BCUT2D eigenvalue weighted by Crippen LogP contribution is -2.55. The van der Waals surface area contributed by atoms with Gasteiger partial charge in [-0.15, -0.1) is 11.3 Å². The van der Waals surface area contributed by atoms with Crippen molar-refractivity contribution in [2.24, 2.45) is 0 Å². The molecule has 1 fully saturated rings. The molecule has 0 radical (unpaired) electrons. The number of rotatable bonds is 7. The molecule has 1 aliphatic heterocycles. The summed E-state index contributed by atoms with van der Waals surface area (Å²) in [5, 5.41) is 41.8. The summed E-state index contributed by atoms with van der Waals surface area (Å²) in [5.74, 6) is 0.392. The number of ether oxygens (including phenoxy) is 2. The Morgan fingerprint density at radius 2 is 2.00 bits per heavy atom.